The van der Waals surface area contributed by atoms with Crippen molar-refractivity contribution in [3.05, 3.63) is 38.5 Å². The fraction of sp³-hybridized carbons (Fsp3) is 0.312. The van der Waals surface area contributed by atoms with Crippen LogP contribution in [0.4, 0.5) is 0 Å². The number of nitrogens with zero attached hydrogens (tertiary/aromatic N) is 3. The summed E-state index contributed by atoms with van der Waals surface area (Å²) in [4.78, 5) is 21.0. The second-order valence-corrected chi connectivity index (χ2v) is 5.50. The van der Waals surface area contributed by atoms with E-state index in [1.807, 2.05) is 0 Å². The van der Waals surface area contributed by atoms with Crippen LogP contribution in [0.1, 0.15) is 25.1 Å². The van der Waals surface area contributed by atoms with Gasteiger partial charge in [-0.05, 0) is 50.9 Å². The zero-order valence-electron chi connectivity index (χ0n) is 15.7. The van der Waals surface area contributed by atoms with Crippen LogP contribution in [0.3, 0.4) is 0 Å². The van der Waals surface area contributed by atoms with Crippen LogP contribution >= 0.6 is 12.2 Å². The van der Waals surface area contributed by atoms with Gasteiger partial charge in [0.1, 0.15) is 17.2 Å². The molecule has 1 N–H and O–H groups in total. The number of hydrogen-bond donors (Lipinski definition) is 1. The summed E-state index contributed by atoms with van der Waals surface area (Å²) in [7, 11) is 2.78. The Labute approximate surface area is 176 Å². The third-order valence-corrected chi connectivity index (χ3v) is 3.41. The second kappa shape index (κ2) is 11.2. The second-order valence-electron chi connectivity index (χ2n) is 5.12. The topological polar surface area (TPSA) is 145 Å². The fourth-order valence-corrected chi connectivity index (χ4v) is 2.03. The smallest absolute Gasteiger partial charge is 0.867 e. The van der Waals surface area contributed by atoms with Crippen LogP contribution in [-0.4, -0.2) is 40.8 Å². The minimum absolute atomic E-state index is 0. The standard InChI is InChI=1S/C14H16N4O4S.C2H4O2.Cu/c1-7(17-18-13(20)8(2)15-16-14(18)23)9-5-10(21-3)12(19)11(6-9)22-4;1-2(3)4;/h5-6,19H,1-4H3,(H,16,23);1H3,(H,3,4);/q;;+2/p-2. The van der Waals surface area contributed by atoms with Crippen LogP contribution in [-0.2, 0) is 21.9 Å². The monoisotopic (exact) mass is 457 g/mol. The van der Waals surface area contributed by atoms with Crippen molar-refractivity contribution in [2.75, 3.05) is 14.2 Å². The predicted molar refractivity (Wildman–Crippen MR) is 95.7 cm³/mol. The Hall–Kier alpha value is -2.69. The van der Waals surface area contributed by atoms with Crippen LogP contribution in [0, 0.1) is 11.7 Å². The average Bonchev–Trinajstić information content (AvgIpc) is 2.61. The molecule has 155 valence electrons. The molecule has 0 spiro atoms. The van der Waals surface area contributed by atoms with Gasteiger partial charge in [0.05, 0.1) is 19.9 Å². The number of aryl methyl sites for hydroxylation is 1. The van der Waals surface area contributed by atoms with E-state index < -0.39 is 11.5 Å². The number of aromatic nitrogens is 3. The average molecular weight is 458 g/mol. The molecule has 0 saturated heterocycles. The number of methoxy groups -OCH3 is 2. The van der Waals surface area contributed by atoms with Gasteiger partial charge in [-0.15, -0.1) is 0 Å². The third-order valence-electron chi connectivity index (χ3n) is 3.14. The Bertz CT molecular complexity index is 957. The van der Waals surface area contributed by atoms with Gasteiger partial charge in [0, 0.05) is 11.5 Å². The number of carbonyl (C=O) groups is 1. The minimum atomic E-state index is -1.08. The quantitative estimate of drug-likeness (QED) is 0.375. The van der Waals surface area contributed by atoms with Crippen LogP contribution in [0.25, 0.3) is 0 Å². The summed E-state index contributed by atoms with van der Waals surface area (Å²) < 4.78 is 11.2. The summed E-state index contributed by atoms with van der Waals surface area (Å²) in [5.74, 6) is -1.20. The summed E-state index contributed by atoms with van der Waals surface area (Å²) in [5, 5.41) is 31.3. The van der Waals surface area contributed by atoms with Crippen molar-refractivity contribution in [2.24, 2.45) is 5.10 Å². The van der Waals surface area contributed by atoms with E-state index in [1.54, 1.807) is 13.8 Å². The molecule has 0 aliphatic carbocycles. The molecule has 0 aliphatic heterocycles. The van der Waals surface area contributed by atoms with Crippen LogP contribution in [0.5, 0.6) is 17.2 Å². The summed E-state index contributed by atoms with van der Waals surface area (Å²) >= 11 is 5.02. The van der Waals surface area contributed by atoms with Crippen molar-refractivity contribution in [2.45, 2.75) is 20.8 Å². The van der Waals surface area contributed by atoms with Crippen molar-refractivity contribution >= 4 is 23.9 Å². The molecule has 10 nitrogen and oxygen atoms in total. The number of benzene rings is 1. The zero-order valence-corrected chi connectivity index (χ0v) is 17.4. The van der Waals surface area contributed by atoms with E-state index in [9.17, 15) is 9.90 Å². The molecule has 1 heterocycles. The molecule has 1 radical (unpaired) electrons. The normalized spacial score (nSPS) is 10.2. The molecule has 0 fully saturated rings. The van der Waals surface area contributed by atoms with Crippen LogP contribution < -0.4 is 25.2 Å². The van der Waals surface area contributed by atoms with Gasteiger partial charge in [-0.3, -0.25) is 9.89 Å². The van der Waals surface area contributed by atoms with E-state index in [0.29, 0.717) is 11.3 Å². The van der Waals surface area contributed by atoms with Crippen molar-refractivity contribution in [3.63, 3.8) is 0 Å². The molecule has 0 amide bonds. The summed E-state index contributed by atoms with van der Waals surface area (Å²) in [6, 6.07) is 3.05. The van der Waals surface area contributed by atoms with E-state index in [-0.39, 0.29) is 44.8 Å². The van der Waals surface area contributed by atoms with E-state index >= 15 is 0 Å². The number of carboxylic acid groups (broad SMARTS) is 1. The fourth-order valence-electron chi connectivity index (χ4n) is 1.86. The predicted octanol–water partition coefficient (Wildman–Crippen LogP) is -0.274. The van der Waals surface area contributed by atoms with Gasteiger partial charge >= 0.3 is 17.1 Å². The molecule has 2 aromatic rings. The van der Waals surface area contributed by atoms with Gasteiger partial charge in [-0.2, -0.15) is 14.9 Å². The number of carboxylic acids is 1. The first-order chi connectivity index (χ1) is 12.6. The third kappa shape index (κ3) is 6.48. The Balaban J connectivity index is 0.00000133. The molecular formula is C16H18CuN4O6S. The number of carbonyl (C=O) groups excluding carboxylic acids is 1. The SMILES string of the molecule is CC(=O)[O-].COc1cc(C(C)=Nn2c(=S)[nH]nc(C)c2=O)cc(OC)c1[O-].[Cu+2]. The summed E-state index contributed by atoms with van der Waals surface area (Å²) in [6.07, 6.45) is 0. The largest absolute Gasteiger partial charge is 2.00 e. The first-order valence-electron chi connectivity index (χ1n) is 7.47. The number of hydrogen-bond acceptors (Lipinski definition) is 9. The number of aliphatic carboxylic acids is 1. The molecule has 12 heteroatoms. The zero-order chi connectivity index (χ0) is 20.7. The Kier molecular flexibility index (Phi) is 10.1. The molecular weight excluding hydrogens is 440 g/mol. The van der Waals surface area contributed by atoms with Crippen LogP contribution in [0.2, 0.25) is 0 Å². The number of ether oxygens (including phenoxy) is 2. The van der Waals surface area contributed by atoms with Gasteiger partial charge in [0.2, 0.25) is 4.77 Å². The van der Waals surface area contributed by atoms with E-state index in [0.717, 1.165) is 11.6 Å². The maximum Gasteiger partial charge on any atom is 2.00 e. The molecule has 0 atom stereocenters. The van der Waals surface area contributed by atoms with Crippen molar-refractivity contribution < 1.29 is 41.5 Å². The minimum Gasteiger partial charge on any atom is -0.867 e. The molecule has 28 heavy (non-hydrogen) atoms. The maximum absolute atomic E-state index is 12.1. The molecule has 0 saturated carbocycles. The first kappa shape index (κ1) is 25.3. The van der Waals surface area contributed by atoms with Crippen LogP contribution in [0.15, 0.2) is 22.0 Å². The summed E-state index contributed by atoms with van der Waals surface area (Å²) in [5.41, 5.74) is 0.829. The first-order valence-corrected chi connectivity index (χ1v) is 7.88. The molecule has 0 unspecified atom stereocenters. The number of rotatable bonds is 4. The van der Waals surface area contributed by atoms with E-state index in [2.05, 4.69) is 15.3 Å². The van der Waals surface area contributed by atoms with Gasteiger partial charge in [-0.25, -0.2) is 0 Å². The molecule has 0 aliphatic rings. The van der Waals surface area contributed by atoms with Crippen molar-refractivity contribution in [1.82, 2.24) is 14.9 Å². The van der Waals surface area contributed by atoms with E-state index in [4.69, 9.17) is 31.6 Å². The summed E-state index contributed by atoms with van der Waals surface area (Å²) in [6.45, 7) is 4.20. The number of H-pyrrole nitrogens is 1. The number of aromatic amines is 1. The molecule has 1 aromatic carbocycles. The van der Waals surface area contributed by atoms with E-state index in [1.165, 1.54) is 26.4 Å². The molecule has 2 rings (SSSR count). The van der Waals surface area contributed by atoms with Gasteiger partial charge < -0.3 is 24.5 Å². The maximum atomic E-state index is 12.1. The molecule has 0 bridgehead atoms. The van der Waals surface area contributed by atoms with Crippen molar-refractivity contribution in [1.29, 1.82) is 0 Å². The van der Waals surface area contributed by atoms with Gasteiger partial charge in [-0.1, -0.05) is 0 Å². The Morgan fingerprint density at radius 3 is 2.14 bits per heavy atom. The Morgan fingerprint density at radius 2 is 1.71 bits per heavy atom. The van der Waals surface area contributed by atoms with Crippen molar-refractivity contribution in [3.8, 4) is 17.2 Å². The molecule has 1 aromatic heterocycles. The van der Waals surface area contributed by atoms with Gasteiger partial charge in [0.15, 0.2) is 0 Å². The van der Waals surface area contributed by atoms with Gasteiger partial charge in [0.25, 0.3) is 5.56 Å². The number of nitrogens with one attached hydrogen (secondary N) is 1. The Morgan fingerprint density at radius 1 is 1.25 bits per heavy atom.